The van der Waals surface area contributed by atoms with E-state index in [0.29, 0.717) is 19.3 Å². The molecular weight excluding hydrogens is 326 g/mol. The smallest absolute Gasteiger partial charge is 0.310 e. The SMILES string of the molecule is CCCC(C)(C(=O)O)[C@H](CC=Cc1nccs1)C(=O)OC(C)(C)C. The number of esters is 1. The van der Waals surface area contributed by atoms with Crippen LogP contribution in [0.25, 0.3) is 6.08 Å². The zero-order valence-electron chi connectivity index (χ0n) is 15.0. The molecule has 0 aromatic carbocycles. The Labute approximate surface area is 147 Å². The molecule has 1 N–H and O–H groups in total. The molecule has 0 aliphatic heterocycles. The van der Waals surface area contributed by atoms with Crippen LogP contribution in [0.15, 0.2) is 17.7 Å². The lowest BCUT2D eigenvalue weighted by atomic mass is 9.72. The summed E-state index contributed by atoms with van der Waals surface area (Å²) in [5.74, 6) is -2.18. The van der Waals surface area contributed by atoms with E-state index in [9.17, 15) is 14.7 Å². The highest BCUT2D eigenvalue weighted by molar-refractivity contribution is 7.10. The molecule has 6 heteroatoms. The zero-order valence-corrected chi connectivity index (χ0v) is 15.9. The Hall–Kier alpha value is -1.69. The molecule has 0 fully saturated rings. The average molecular weight is 353 g/mol. The van der Waals surface area contributed by atoms with Gasteiger partial charge in [0, 0.05) is 11.6 Å². The number of ether oxygens (including phenoxy) is 1. The maximum atomic E-state index is 12.6. The summed E-state index contributed by atoms with van der Waals surface area (Å²) in [5, 5.41) is 12.4. The Bertz CT molecular complexity index is 574. The second-order valence-electron chi connectivity index (χ2n) is 7.07. The molecule has 1 unspecified atom stereocenters. The first-order valence-electron chi connectivity index (χ1n) is 8.12. The molecule has 1 aromatic rings. The molecule has 0 aliphatic rings. The first-order valence-corrected chi connectivity index (χ1v) is 9.00. The Morgan fingerprint density at radius 3 is 2.50 bits per heavy atom. The number of carbonyl (C=O) groups is 2. The molecular formula is C18H27NO4S. The van der Waals surface area contributed by atoms with Crippen molar-refractivity contribution in [1.82, 2.24) is 4.98 Å². The maximum Gasteiger partial charge on any atom is 0.310 e. The number of hydrogen-bond acceptors (Lipinski definition) is 5. The average Bonchev–Trinajstić information content (AvgIpc) is 2.94. The molecule has 0 saturated heterocycles. The lowest BCUT2D eigenvalue weighted by Gasteiger charge is -2.33. The number of hydrogen-bond donors (Lipinski definition) is 1. The quantitative estimate of drug-likeness (QED) is 0.701. The molecule has 5 nitrogen and oxygen atoms in total. The van der Waals surface area contributed by atoms with Crippen molar-refractivity contribution >= 4 is 29.4 Å². The Morgan fingerprint density at radius 1 is 1.38 bits per heavy atom. The first-order chi connectivity index (χ1) is 11.1. The van der Waals surface area contributed by atoms with Crippen LogP contribution >= 0.6 is 11.3 Å². The van der Waals surface area contributed by atoms with Gasteiger partial charge in [0.25, 0.3) is 0 Å². The van der Waals surface area contributed by atoms with E-state index in [1.165, 1.54) is 11.3 Å². The number of aliphatic carboxylic acids is 1. The normalized spacial score (nSPS) is 15.9. The van der Waals surface area contributed by atoms with Gasteiger partial charge in [0.1, 0.15) is 10.6 Å². The predicted molar refractivity (Wildman–Crippen MR) is 95.8 cm³/mol. The van der Waals surface area contributed by atoms with E-state index in [0.717, 1.165) is 5.01 Å². The van der Waals surface area contributed by atoms with E-state index >= 15 is 0 Å². The Balaban J connectivity index is 3.05. The number of carboxylic acid groups (broad SMARTS) is 1. The number of rotatable bonds is 8. The predicted octanol–water partition coefficient (Wildman–Crippen LogP) is 4.40. The standard InChI is InChI=1S/C18H27NO4S/c1-6-10-18(5,16(21)22)13(15(20)23-17(2,3)4)8-7-9-14-19-11-12-24-14/h7,9,11-13H,6,8,10H2,1-5H3,(H,21,22)/t13-,18?/m1/s1. The Kier molecular flexibility index (Phi) is 7.14. The summed E-state index contributed by atoms with van der Waals surface area (Å²) in [4.78, 5) is 28.7. The van der Waals surface area contributed by atoms with Crippen LogP contribution in [0.3, 0.4) is 0 Å². The molecule has 1 heterocycles. The molecule has 2 atom stereocenters. The first kappa shape index (κ1) is 20.4. The minimum Gasteiger partial charge on any atom is -0.481 e. The summed E-state index contributed by atoms with van der Waals surface area (Å²) in [6.45, 7) is 8.89. The summed E-state index contributed by atoms with van der Waals surface area (Å²) in [6, 6.07) is 0. The van der Waals surface area contributed by atoms with E-state index in [2.05, 4.69) is 4.98 Å². The van der Waals surface area contributed by atoms with E-state index < -0.39 is 28.9 Å². The fourth-order valence-electron chi connectivity index (χ4n) is 2.56. The highest BCUT2D eigenvalue weighted by atomic mass is 32.1. The van der Waals surface area contributed by atoms with Crippen LogP contribution in [0.4, 0.5) is 0 Å². The third kappa shape index (κ3) is 5.74. The van der Waals surface area contributed by atoms with Crippen molar-refractivity contribution in [3.05, 3.63) is 22.7 Å². The summed E-state index contributed by atoms with van der Waals surface area (Å²) in [6.07, 6.45) is 6.72. The third-order valence-corrected chi connectivity index (χ3v) is 4.54. The van der Waals surface area contributed by atoms with Crippen molar-refractivity contribution in [2.75, 3.05) is 0 Å². The number of thiazole rings is 1. The molecule has 1 aromatic heterocycles. The molecule has 134 valence electrons. The van der Waals surface area contributed by atoms with E-state index in [1.807, 2.05) is 24.5 Å². The number of carbonyl (C=O) groups excluding carboxylic acids is 1. The molecule has 0 bridgehead atoms. The summed E-state index contributed by atoms with van der Waals surface area (Å²) < 4.78 is 5.48. The number of allylic oxidation sites excluding steroid dienone is 1. The van der Waals surface area contributed by atoms with Gasteiger partial charge in [-0.2, -0.15) is 0 Å². The lowest BCUT2D eigenvalue weighted by molar-refractivity contribution is -0.172. The van der Waals surface area contributed by atoms with Crippen molar-refractivity contribution in [2.24, 2.45) is 11.3 Å². The topological polar surface area (TPSA) is 76.5 Å². The third-order valence-electron chi connectivity index (χ3n) is 3.80. The van der Waals surface area contributed by atoms with Crippen molar-refractivity contribution in [1.29, 1.82) is 0 Å². The Morgan fingerprint density at radius 2 is 2.04 bits per heavy atom. The van der Waals surface area contributed by atoms with Crippen LogP contribution in [-0.2, 0) is 14.3 Å². The maximum absolute atomic E-state index is 12.6. The van der Waals surface area contributed by atoms with Gasteiger partial charge in [-0.05, 0) is 46.6 Å². The number of carboxylic acids is 1. The van der Waals surface area contributed by atoms with Gasteiger partial charge in [0.15, 0.2) is 0 Å². The molecule has 0 spiro atoms. The van der Waals surface area contributed by atoms with Crippen molar-refractivity contribution in [2.45, 2.75) is 59.5 Å². The van der Waals surface area contributed by atoms with Crippen LogP contribution in [-0.4, -0.2) is 27.6 Å². The summed E-state index contributed by atoms with van der Waals surface area (Å²) >= 11 is 1.49. The van der Waals surface area contributed by atoms with Gasteiger partial charge < -0.3 is 9.84 Å². The minimum absolute atomic E-state index is 0.303. The minimum atomic E-state index is -1.16. The molecule has 0 amide bonds. The largest absolute Gasteiger partial charge is 0.481 e. The van der Waals surface area contributed by atoms with Crippen LogP contribution in [0.2, 0.25) is 0 Å². The molecule has 0 saturated carbocycles. The van der Waals surface area contributed by atoms with Crippen molar-refractivity contribution in [3.8, 4) is 0 Å². The highest BCUT2D eigenvalue weighted by Gasteiger charge is 2.45. The van der Waals surface area contributed by atoms with Crippen LogP contribution in [0.1, 0.15) is 58.9 Å². The number of aromatic nitrogens is 1. The van der Waals surface area contributed by atoms with E-state index in [-0.39, 0.29) is 0 Å². The second kappa shape index (κ2) is 8.42. The molecule has 0 aliphatic carbocycles. The van der Waals surface area contributed by atoms with Crippen LogP contribution in [0, 0.1) is 11.3 Å². The van der Waals surface area contributed by atoms with Gasteiger partial charge in [-0.3, -0.25) is 9.59 Å². The van der Waals surface area contributed by atoms with Gasteiger partial charge in [0.2, 0.25) is 0 Å². The van der Waals surface area contributed by atoms with Crippen LogP contribution in [0.5, 0.6) is 0 Å². The van der Waals surface area contributed by atoms with Gasteiger partial charge in [0.05, 0.1) is 11.3 Å². The van der Waals surface area contributed by atoms with Crippen molar-refractivity contribution in [3.63, 3.8) is 0 Å². The molecule has 0 radical (unpaired) electrons. The summed E-state index contributed by atoms with van der Waals surface area (Å²) in [5.41, 5.74) is -1.82. The van der Waals surface area contributed by atoms with E-state index in [1.54, 1.807) is 33.9 Å². The van der Waals surface area contributed by atoms with Gasteiger partial charge in [-0.1, -0.05) is 19.4 Å². The fourth-order valence-corrected chi connectivity index (χ4v) is 3.12. The van der Waals surface area contributed by atoms with Crippen molar-refractivity contribution < 1.29 is 19.4 Å². The highest BCUT2D eigenvalue weighted by Crippen LogP contribution is 2.37. The van der Waals surface area contributed by atoms with E-state index in [4.69, 9.17) is 4.74 Å². The second-order valence-corrected chi connectivity index (χ2v) is 7.99. The van der Waals surface area contributed by atoms with Crippen LogP contribution < -0.4 is 0 Å². The zero-order chi connectivity index (χ0) is 18.4. The lowest BCUT2D eigenvalue weighted by Crippen LogP contribution is -2.42. The van der Waals surface area contributed by atoms with Gasteiger partial charge >= 0.3 is 11.9 Å². The van der Waals surface area contributed by atoms with Gasteiger partial charge in [-0.25, -0.2) is 4.98 Å². The fraction of sp³-hybridized carbons (Fsp3) is 0.611. The van der Waals surface area contributed by atoms with Gasteiger partial charge in [-0.15, -0.1) is 11.3 Å². The number of nitrogens with zero attached hydrogens (tertiary/aromatic N) is 1. The molecule has 24 heavy (non-hydrogen) atoms. The monoisotopic (exact) mass is 353 g/mol. The summed E-state index contributed by atoms with van der Waals surface area (Å²) in [7, 11) is 0. The molecule has 1 rings (SSSR count).